The highest BCUT2D eigenvalue weighted by molar-refractivity contribution is 6.04. The zero-order valence-corrected chi connectivity index (χ0v) is 14.4. The number of anilines is 2. The highest BCUT2D eigenvalue weighted by Crippen LogP contribution is 2.22. The Morgan fingerprint density at radius 2 is 1.93 bits per heavy atom. The Balaban J connectivity index is 1.54. The molecule has 0 atom stereocenters. The molecule has 0 saturated carbocycles. The van der Waals surface area contributed by atoms with Gasteiger partial charge in [0.1, 0.15) is 17.8 Å². The van der Waals surface area contributed by atoms with E-state index in [2.05, 4.69) is 25.3 Å². The molecule has 8 nitrogen and oxygen atoms in total. The number of aromatic nitrogens is 4. The van der Waals surface area contributed by atoms with Crippen molar-refractivity contribution in [3.05, 3.63) is 60.6 Å². The largest absolute Gasteiger partial charge is 0.378 e. The maximum absolute atomic E-state index is 13.0. The molecule has 27 heavy (non-hydrogen) atoms. The van der Waals surface area contributed by atoms with Gasteiger partial charge >= 0.3 is 0 Å². The van der Waals surface area contributed by atoms with Crippen LogP contribution in [0.3, 0.4) is 0 Å². The lowest BCUT2D eigenvalue weighted by molar-refractivity contribution is 0.102. The zero-order valence-electron chi connectivity index (χ0n) is 14.4. The Labute approximate surface area is 154 Å². The van der Waals surface area contributed by atoms with E-state index in [0.717, 1.165) is 18.8 Å². The Morgan fingerprint density at radius 1 is 1.15 bits per heavy atom. The lowest BCUT2D eigenvalue weighted by atomic mass is 10.2. The van der Waals surface area contributed by atoms with Gasteiger partial charge in [-0.1, -0.05) is 0 Å². The lowest BCUT2D eigenvalue weighted by Gasteiger charge is -2.29. The quantitative estimate of drug-likeness (QED) is 0.757. The van der Waals surface area contributed by atoms with E-state index in [9.17, 15) is 9.18 Å². The van der Waals surface area contributed by atoms with Crippen LogP contribution in [0, 0.1) is 5.82 Å². The minimum atomic E-state index is -0.390. The van der Waals surface area contributed by atoms with E-state index in [4.69, 9.17) is 4.74 Å². The number of carbonyl (C=O) groups excluding carboxylic acids is 1. The van der Waals surface area contributed by atoms with E-state index in [1.807, 2.05) is 0 Å². The summed E-state index contributed by atoms with van der Waals surface area (Å²) in [6, 6.07) is 5.34. The fraction of sp³-hybridized carbons (Fsp3) is 0.222. The van der Waals surface area contributed by atoms with Crippen molar-refractivity contribution in [3.63, 3.8) is 0 Å². The minimum Gasteiger partial charge on any atom is -0.378 e. The summed E-state index contributed by atoms with van der Waals surface area (Å²) >= 11 is 0. The molecule has 1 fully saturated rings. The summed E-state index contributed by atoms with van der Waals surface area (Å²) in [7, 11) is 0. The number of hydrogen-bond acceptors (Lipinski definition) is 6. The van der Waals surface area contributed by atoms with Crippen molar-refractivity contribution in [1.82, 2.24) is 19.7 Å². The molecule has 0 spiro atoms. The third kappa shape index (κ3) is 3.77. The molecule has 1 aromatic carbocycles. The molecule has 0 unspecified atom stereocenters. The summed E-state index contributed by atoms with van der Waals surface area (Å²) in [6.45, 7) is 2.78. The number of halogens is 1. The maximum atomic E-state index is 13.0. The Morgan fingerprint density at radius 3 is 2.70 bits per heavy atom. The first-order valence-electron chi connectivity index (χ1n) is 8.45. The van der Waals surface area contributed by atoms with E-state index >= 15 is 0 Å². The second kappa shape index (κ2) is 7.50. The number of morpholine rings is 1. The van der Waals surface area contributed by atoms with Gasteiger partial charge in [0.15, 0.2) is 5.82 Å². The SMILES string of the molecule is O=C(Nc1cnn(-c2ncncc2N2CCOCC2)c1)c1ccc(F)cc1. The molecule has 0 radical (unpaired) electrons. The summed E-state index contributed by atoms with van der Waals surface area (Å²) in [4.78, 5) is 22.9. The van der Waals surface area contributed by atoms with Crippen LogP contribution in [0.1, 0.15) is 10.4 Å². The molecule has 1 N–H and O–H groups in total. The molecule has 0 aliphatic carbocycles. The van der Waals surface area contributed by atoms with Crippen LogP contribution in [-0.2, 0) is 4.74 Å². The maximum Gasteiger partial charge on any atom is 0.255 e. The van der Waals surface area contributed by atoms with Gasteiger partial charge < -0.3 is 15.0 Å². The average molecular weight is 368 g/mol. The fourth-order valence-corrected chi connectivity index (χ4v) is 2.83. The third-order valence-corrected chi connectivity index (χ3v) is 4.19. The zero-order chi connectivity index (χ0) is 18.6. The summed E-state index contributed by atoms with van der Waals surface area (Å²) in [5.74, 6) is -0.112. The first-order chi connectivity index (χ1) is 13.2. The van der Waals surface area contributed by atoms with Crippen molar-refractivity contribution >= 4 is 17.3 Å². The molecule has 138 valence electrons. The Hall–Kier alpha value is -3.33. The first-order valence-corrected chi connectivity index (χ1v) is 8.45. The van der Waals surface area contributed by atoms with E-state index in [0.29, 0.717) is 30.3 Å². The molecule has 3 aromatic rings. The van der Waals surface area contributed by atoms with Crippen LogP contribution in [0.25, 0.3) is 5.82 Å². The van der Waals surface area contributed by atoms with Gasteiger partial charge in [-0.15, -0.1) is 0 Å². The highest BCUT2D eigenvalue weighted by Gasteiger charge is 2.18. The van der Waals surface area contributed by atoms with Crippen molar-refractivity contribution in [2.24, 2.45) is 0 Å². The van der Waals surface area contributed by atoms with Crippen LogP contribution in [-0.4, -0.2) is 52.0 Å². The molecule has 1 saturated heterocycles. The Bertz CT molecular complexity index is 937. The van der Waals surface area contributed by atoms with Crippen LogP contribution in [0.5, 0.6) is 0 Å². The smallest absolute Gasteiger partial charge is 0.255 e. The van der Waals surface area contributed by atoms with Crippen molar-refractivity contribution < 1.29 is 13.9 Å². The normalized spacial score (nSPS) is 14.2. The number of ether oxygens (including phenoxy) is 1. The van der Waals surface area contributed by atoms with Crippen molar-refractivity contribution in [1.29, 1.82) is 0 Å². The topological polar surface area (TPSA) is 85.2 Å². The second-order valence-corrected chi connectivity index (χ2v) is 5.97. The van der Waals surface area contributed by atoms with Gasteiger partial charge in [0.05, 0.1) is 37.5 Å². The van der Waals surface area contributed by atoms with Crippen LogP contribution < -0.4 is 10.2 Å². The van der Waals surface area contributed by atoms with Crippen molar-refractivity contribution in [2.45, 2.75) is 0 Å². The first kappa shape index (κ1) is 17.1. The molecule has 1 aliphatic rings. The van der Waals surface area contributed by atoms with E-state index in [1.165, 1.54) is 36.8 Å². The van der Waals surface area contributed by atoms with Gasteiger partial charge in [-0.2, -0.15) is 5.10 Å². The van der Waals surface area contributed by atoms with Gasteiger partial charge in [0, 0.05) is 18.7 Å². The molecule has 1 aliphatic heterocycles. The summed E-state index contributed by atoms with van der Waals surface area (Å²) in [6.07, 6.45) is 6.41. The standard InChI is InChI=1S/C18H17FN6O2/c19-14-3-1-13(2-4-14)18(26)23-15-9-22-25(11-15)17-16(10-20-12-21-17)24-5-7-27-8-6-24/h1-4,9-12H,5-8H2,(H,23,26). The number of nitrogens with zero attached hydrogens (tertiary/aromatic N) is 5. The molecular formula is C18H17FN6O2. The van der Waals surface area contributed by atoms with Crippen LogP contribution in [0.2, 0.25) is 0 Å². The number of amides is 1. The summed E-state index contributed by atoms with van der Waals surface area (Å²) in [5, 5.41) is 7.04. The molecule has 2 aromatic heterocycles. The van der Waals surface area contributed by atoms with Crippen LogP contribution in [0.15, 0.2) is 49.2 Å². The van der Waals surface area contributed by atoms with Gasteiger partial charge in [-0.05, 0) is 24.3 Å². The minimum absolute atomic E-state index is 0.342. The van der Waals surface area contributed by atoms with Crippen molar-refractivity contribution in [3.8, 4) is 5.82 Å². The number of carbonyl (C=O) groups is 1. The predicted octanol–water partition coefficient (Wildman–Crippen LogP) is 1.89. The van der Waals surface area contributed by atoms with E-state index in [1.54, 1.807) is 17.1 Å². The molecule has 4 rings (SSSR count). The molecular weight excluding hydrogens is 351 g/mol. The third-order valence-electron chi connectivity index (χ3n) is 4.19. The fourth-order valence-electron chi connectivity index (χ4n) is 2.83. The number of rotatable bonds is 4. The van der Waals surface area contributed by atoms with Gasteiger partial charge in [-0.3, -0.25) is 4.79 Å². The molecule has 3 heterocycles. The Kier molecular flexibility index (Phi) is 4.75. The van der Waals surface area contributed by atoms with Crippen LogP contribution in [0.4, 0.5) is 15.8 Å². The summed E-state index contributed by atoms with van der Waals surface area (Å²) < 4.78 is 20.0. The average Bonchev–Trinajstić information content (AvgIpc) is 3.17. The molecule has 0 bridgehead atoms. The van der Waals surface area contributed by atoms with Gasteiger partial charge in [-0.25, -0.2) is 19.0 Å². The van der Waals surface area contributed by atoms with Gasteiger partial charge in [0.2, 0.25) is 0 Å². The molecule has 1 amide bonds. The summed E-state index contributed by atoms with van der Waals surface area (Å²) in [5.41, 5.74) is 1.72. The van der Waals surface area contributed by atoms with Gasteiger partial charge in [0.25, 0.3) is 5.91 Å². The number of nitrogens with one attached hydrogen (secondary N) is 1. The van der Waals surface area contributed by atoms with E-state index < -0.39 is 5.82 Å². The highest BCUT2D eigenvalue weighted by atomic mass is 19.1. The number of benzene rings is 1. The number of hydrogen-bond donors (Lipinski definition) is 1. The monoisotopic (exact) mass is 368 g/mol. The lowest BCUT2D eigenvalue weighted by Crippen LogP contribution is -2.37. The predicted molar refractivity (Wildman–Crippen MR) is 96.5 cm³/mol. The van der Waals surface area contributed by atoms with Crippen LogP contribution >= 0.6 is 0 Å². The second-order valence-electron chi connectivity index (χ2n) is 5.97. The van der Waals surface area contributed by atoms with E-state index in [-0.39, 0.29) is 5.91 Å². The van der Waals surface area contributed by atoms with Crippen molar-refractivity contribution in [2.75, 3.05) is 36.5 Å². The molecule has 9 heteroatoms.